The summed E-state index contributed by atoms with van der Waals surface area (Å²) in [6.07, 6.45) is 11.1. The second-order valence-corrected chi connectivity index (χ2v) is 7.61. The van der Waals surface area contributed by atoms with Crippen LogP contribution in [0.15, 0.2) is 30.6 Å². The molecule has 1 saturated carbocycles. The lowest BCUT2D eigenvalue weighted by atomic mass is 10.0. The van der Waals surface area contributed by atoms with Crippen molar-refractivity contribution in [2.24, 2.45) is 0 Å². The monoisotopic (exact) mass is 338 g/mol. The van der Waals surface area contributed by atoms with Gasteiger partial charge in [0.15, 0.2) is 0 Å². The van der Waals surface area contributed by atoms with Gasteiger partial charge in [-0.05, 0) is 74.9 Å². The van der Waals surface area contributed by atoms with E-state index >= 15 is 0 Å². The van der Waals surface area contributed by atoms with Gasteiger partial charge in [-0.15, -0.1) is 0 Å². The Morgan fingerprint density at radius 3 is 2.72 bits per heavy atom. The van der Waals surface area contributed by atoms with Gasteiger partial charge < -0.3 is 14.8 Å². The van der Waals surface area contributed by atoms with E-state index in [1.807, 2.05) is 11.1 Å². The highest BCUT2D eigenvalue weighted by Crippen LogP contribution is 2.46. The molecule has 5 rings (SSSR count). The lowest BCUT2D eigenvalue weighted by Gasteiger charge is -2.27. The first-order valence-electron chi connectivity index (χ1n) is 10.7. The number of aromatic nitrogens is 1. The van der Waals surface area contributed by atoms with Crippen LogP contribution < -0.4 is 15.5 Å². The molecule has 1 aromatic carbocycles. The van der Waals surface area contributed by atoms with E-state index in [2.05, 4.69) is 40.5 Å². The lowest BCUT2D eigenvalue weighted by molar-refractivity contribution is 0.375. The Bertz CT molecular complexity index is 880. The van der Waals surface area contributed by atoms with E-state index in [9.17, 15) is 0 Å². The number of rotatable bonds is 3. The van der Waals surface area contributed by atoms with Gasteiger partial charge in [0.1, 0.15) is 0 Å². The fourth-order valence-electron chi connectivity index (χ4n) is 4.31. The van der Waals surface area contributed by atoms with Crippen LogP contribution in [0.4, 0.5) is 5.69 Å². The lowest BCUT2D eigenvalue weighted by Crippen LogP contribution is -2.34. The fraction of sp³-hybridized carbons (Fsp3) is 0.524. The van der Waals surface area contributed by atoms with E-state index in [0.29, 0.717) is 12.0 Å². The van der Waals surface area contributed by atoms with Gasteiger partial charge in [-0.25, -0.2) is 0 Å². The molecular formula is C21H28N4. The third-order valence-electron chi connectivity index (χ3n) is 5.83. The molecule has 2 atom stereocenters. The molecule has 2 aliphatic heterocycles. The van der Waals surface area contributed by atoms with Crippen molar-refractivity contribution in [3.05, 3.63) is 41.7 Å². The summed E-state index contributed by atoms with van der Waals surface area (Å²) in [5.41, 5.74) is 5.09. The Kier molecular flexibility index (Phi) is 3.32. The number of hydrogen-bond donors (Lipinski definition) is 2. The van der Waals surface area contributed by atoms with Crippen LogP contribution in [0.1, 0.15) is 51.5 Å². The number of piperidine rings is 1. The van der Waals surface area contributed by atoms with Crippen LogP contribution in [0.2, 0.25) is 0 Å². The van der Waals surface area contributed by atoms with E-state index in [-0.39, 0.29) is 0 Å². The zero-order chi connectivity index (χ0) is 18.5. The minimum atomic E-state index is -0.621. The Balaban J connectivity index is 1.62. The Morgan fingerprint density at radius 1 is 1.12 bits per heavy atom. The first kappa shape index (κ1) is 13.4. The van der Waals surface area contributed by atoms with Gasteiger partial charge in [0.2, 0.25) is 0 Å². The number of nitrogens with one attached hydrogen (secondary N) is 2. The molecule has 0 amide bonds. The summed E-state index contributed by atoms with van der Waals surface area (Å²) in [7, 11) is 0. The number of benzene rings is 1. The third-order valence-corrected chi connectivity index (χ3v) is 5.83. The molecule has 132 valence electrons. The number of aryl methyl sites for hydroxylation is 1. The standard InChI is InChI=1S/C21H28N4/c1-15-11-21-18(12-20(15)24-10-2-7-23-14-24)19(16-3-4-16)13-25(21)17-5-8-22-9-6-17/h2,10-13,16-17,22-23H,3-9,14H2,1H3/i7D,14D. The fourth-order valence-corrected chi connectivity index (χ4v) is 4.31. The molecule has 25 heavy (non-hydrogen) atoms. The Labute approximate surface area is 152 Å². The maximum Gasteiger partial charge on any atom is 0.0728 e. The SMILES string of the molecule is [2H]C1C=CN(c2cc3c(C4CC4)cn(C4CCNCC4)c3cc2C)C([2H])N1. The molecule has 4 heteroatoms. The minimum absolute atomic E-state index is 0.504. The molecule has 2 N–H and O–H groups in total. The molecule has 2 unspecified atom stereocenters. The molecule has 3 heterocycles. The summed E-state index contributed by atoms with van der Waals surface area (Å²) < 4.78 is 18.7. The van der Waals surface area contributed by atoms with Gasteiger partial charge >= 0.3 is 0 Å². The summed E-state index contributed by atoms with van der Waals surface area (Å²) in [5.74, 6) is 0.700. The second kappa shape index (κ2) is 6.19. The highest BCUT2D eigenvalue weighted by molar-refractivity contribution is 5.90. The van der Waals surface area contributed by atoms with Gasteiger partial charge in [-0.1, -0.05) is 6.08 Å². The van der Waals surface area contributed by atoms with E-state index in [1.54, 1.807) is 6.08 Å². The molecule has 4 nitrogen and oxygen atoms in total. The summed E-state index contributed by atoms with van der Waals surface area (Å²) >= 11 is 0. The number of hydrogen-bond acceptors (Lipinski definition) is 3. The molecule has 1 aliphatic carbocycles. The molecule has 0 bridgehead atoms. The molecule has 0 radical (unpaired) electrons. The maximum absolute atomic E-state index is 8.35. The van der Waals surface area contributed by atoms with Crippen molar-refractivity contribution < 1.29 is 2.74 Å². The Morgan fingerprint density at radius 2 is 1.96 bits per heavy atom. The van der Waals surface area contributed by atoms with Crippen molar-refractivity contribution >= 4 is 16.6 Å². The number of nitrogens with zero attached hydrogens (tertiary/aromatic N) is 2. The zero-order valence-corrected chi connectivity index (χ0v) is 14.8. The van der Waals surface area contributed by atoms with Crippen molar-refractivity contribution in [2.75, 3.05) is 31.2 Å². The van der Waals surface area contributed by atoms with Gasteiger partial charge in [0, 0.05) is 42.9 Å². The van der Waals surface area contributed by atoms with Crippen LogP contribution >= 0.6 is 0 Å². The quantitative estimate of drug-likeness (QED) is 0.896. The first-order chi connectivity index (χ1) is 13.1. The van der Waals surface area contributed by atoms with Crippen LogP contribution in [-0.4, -0.2) is 30.8 Å². The molecular weight excluding hydrogens is 308 g/mol. The molecule has 2 fully saturated rings. The summed E-state index contributed by atoms with van der Waals surface area (Å²) in [4.78, 5) is 1.94. The Hall–Kier alpha value is -1.78. The van der Waals surface area contributed by atoms with Crippen molar-refractivity contribution in [3.63, 3.8) is 0 Å². The summed E-state index contributed by atoms with van der Waals surface area (Å²) in [6, 6.07) is 5.18. The van der Waals surface area contributed by atoms with Crippen LogP contribution in [0.3, 0.4) is 0 Å². The van der Waals surface area contributed by atoms with Gasteiger partial charge in [-0.3, -0.25) is 5.32 Å². The van der Waals surface area contributed by atoms with Crippen molar-refractivity contribution in [2.45, 2.75) is 44.6 Å². The van der Waals surface area contributed by atoms with Crippen molar-refractivity contribution in [1.82, 2.24) is 15.2 Å². The smallest absolute Gasteiger partial charge is 0.0728 e. The maximum atomic E-state index is 8.35. The van der Waals surface area contributed by atoms with Crippen LogP contribution in [0.5, 0.6) is 0 Å². The highest BCUT2D eigenvalue weighted by Gasteiger charge is 2.29. The summed E-state index contributed by atoms with van der Waals surface area (Å²) in [5, 5.41) is 7.80. The predicted molar refractivity (Wildman–Crippen MR) is 104 cm³/mol. The normalized spacial score (nSPS) is 29.1. The predicted octanol–water partition coefficient (Wildman–Crippen LogP) is 3.63. The van der Waals surface area contributed by atoms with Gasteiger partial charge in [-0.2, -0.15) is 0 Å². The third kappa shape index (κ3) is 2.77. The topological polar surface area (TPSA) is 32.2 Å². The van der Waals surface area contributed by atoms with Crippen LogP contribution in [0, 0.1) is 6.92 Å². The number of anilines is 1. The number of fused-ring (bicyclic) bond motifs is 1. The van der Waals surface area contributed by atoms with Gasteiger partial charge in [0.05, 0.1) is 8.02 Å². The molecule has 1 aromatic heterocycles. The van der Waals surface area contributed by atoms with E-state index in [0.717, 1.165) is 18.8 Å². The van der Waals surface area contributed by atoms with Crippen LogP contribution in [0.25, 0.3) is 10.9 Å². The van der Waals surface area contributed by atoms with Crippen molar-refractivity contribution in [3.8, 4) is 0 Å². The largest absolute Gasteiger partial charge is 0.344 e. The van der Waals surface area contributed by atoms with E-state index < -0.39 is 13.2 Å². The molecule has 1 saturated heterocycles. The van der Waals surface area contributed by atoms with Crippen LogP contribution in [-0.2, 0) is 0 Å². The molecule has 3 aliphatic rings. The summed E-state index contributed by atoms with van der Waals surface area (Å²) in [6.45, 7) is 3.21. The molecule has 2 aromatic rings. The second-order valence-electron chi connectivity index (χ2n) is 7.61. The molecule has 0 spiro atoms. The average Bonchev–Trinajstić information content (AvgIpc) is 3.44. The van der Waals surface area contributed by atoms with E-state index in [4.69, 9.17) is 2.74 Å². The average molecular weight is 338 g/mol. The van der Waals surface area contributed by atoms with Crippen molar-refractivity contribution in [1.29, 1.82) is 0 Å². The minimum Gasteiger partial charge on any atom is -0.344 e. The first-order valence-corrected chi connectivity index (χ1v) is 9.55. The zero-order valence-electron chi connectivity index (χ0n) is 16.8. The van der Waals surface area contributed by atoms with E-state index in [1.165, 1.54) is 47.7 Å². The highest BCUT2D eigenvalue weighted by atomic mass is 15.2. The van der Waals surface area contributed by atoms with Gasteiger partial charge in [0.25, 0.3) is 0 Å².